The molecule has 1 fully saturated rings. The first kappa shape index (κ1) is 17.3. The van der Waals surface area contributed by atoms with Crippen LogP contribution in [0, 0.1) is 6.92 Å². The Kier molecular flexibility index (Phi) is 4.97. The minimum Gasteiger partial charge on any atom is -0.371 e. The van der Waals surface area contributed by atoms with Gasteiger partial charge in [0.25, 0.3) is 5.91 Å². The molecule has 0 radical (unpaired) electrons. The maximum Gasteiger partial charge on any atom is 0.253 e. The largest absolute Gasteiger partial charge is 0.371 e. The molecule has 1 aromatic heterocycles. The minimum absolute atomic E-state index is 0.0294. The Bertz CT molecular complexity index is 759. The number of nitrogens with zero attached hydrogens (tertiary/aromatic N) is 4. The van der Waals surface area contributed by atoms with Gasteiger partial charge in [-0.15, -0.1) is 0 Å². The molecule has 1 aliphatic rings. The zero-order valence-electron chi connectivity index (χ0n) is 15.5. The number of carbonyl (C=O) groups is 1. The molecule has 25 heavy (non-hydrogen) atoms. The molecule has 2 heterocycles. The maximum atomic E-state index is 12.8. The Morgan fingerprint density at radius 1 is 1.28 bits per heavy atom. The van der Waals surface area contributed by atoms with Crippen molar-refractivity contribution in [3.8, 4) is 0 Å². The van der Waals surface area contributed by atoms with E-state index in [0.717, 1.165) is 41.5 Å². The number of imidazole rings is 1. The summed E-state index contributed by atoms with van der Waals surface area (Å²) in [4.78, 5) is 21.5. The van der Waals surface area contributed by atoms with Gasteiger partial charge >= 0.3 is 0 Å². The van der Waals surface area contributed by atoms with E-state index in [1.54, 1.807) is 0 Å². The molecule has 0 saturated carbocycles. The normalized spacial score (nSPS) is 14.0. The lowest BCUT2D eigenvalue weighted by Crippen LogP contribution is -2.28. The molecule has 3 rings (SSSR count). The zero-order chi connectivity index (χ0) is 18.0. The van der Waals surface area contributed by atoms with E-state index < -0.39 is 0 Å². The van der Waals surface area contributed by atoms with Gasteiger partial charge in [0, 0.05) is 39.9 Å². The van der Waals surface area contributed by atoms with E-state index in [1.807, 2.05) is 49.8 Å². The number of aryl methyl sites for hydroxylation is 1. The topological polar surface area (TPSA) is 53.4 Å². The van der Waals surface area contributed by atoms with Crippen molar-refractivity contribution in [2.45, 2.75) is 26.3 Å². The van der Waals surface area contributed by atoms with Crippen LogP contribution in [0.4, 0.5) is 11.6 Å². The molecule has 0 spiro atoms. The van der Waals surface area contributed by atoms with Crippen LogP contribution >= 0.6 is 0 Å². The average molecular weight is 341 g/mol. The van der Waals surface area contributed by atoms with Crippen molar-refractivity contribution >= 4 is 17.5 Å². The van der Waals surface area contributed by atoms with Gasteiger partial charge in [0.2, 0.25) is 5.95 Å². The van der Waals surface area contributed by atoms with Gasteiger partial charge < -0.3 is 19.7 Å². The second kappa shape index (κ2) is 7.17. The first-order valence-electron chi connectivity index (χ1n) is 8.79. The summed E-state index contributed by atoms with van der Waals surface area (Å²) in [6.45, 7) is 4.53. The summed E-state index contributed by atoms with van der Waals surface area (Å²) >= 11 is 0. The standard InChI is InChI=1S/C19H27N5O/c1-14-7-8-17(24-9-5-6-10-24)16(11-14)18(25)20-12-15-13-21-19(22(2)3)23(15)4/h7-8,11,13H,5-6,9-10,12H2,1-4H3,(H,20,25). The molecular weight excluding hydrogens is 314 g/mol. The average Bonchev–Trinajstić information content (AvgIpc) is 3.22. The fraction of sp³-hybridized carbons (Fsp3) is 0.474. The van der Waals surface area contributed by atoms with Crippen LogP contribution in [0.5, 0.6) is 0 Å². The Balaban J connectivity index is 1.76. The van der Waals surface area contributed by atoms with Crippen molar-refractivity contribution in [2.75, 3.05) is 37.0 Å². The first-order valence-corrected chi connectivity index (χ1v) is 8.79. The SMILES string of the molecule is Cc1ccc(N2CCCC2)c(C(=O)NCc2cnc(N(C)C)n2C)c1. The molecule has 134 valence electrons. The van der Waals surface area contributed by atoms with Gasteiger partial charge in [-0.2, -0.15) is 0 Å². The van der Waals surface area contributed by atoms with Gasteiger partial charge in [-0.25, -0.2) is 4.98 Å². The van der Waals surface area contributed by atoms with E-state index in [-0.39, 0.29) is 5.91 Å². The third kappa shape index (κ3) is 3.62. The van der Waals surface area contributed by atoms with E-state index in [4.69, 9.17) is 0 Å². The van der Waals surface area contributed by atoms with Gasteiger partial charge in [0.1, 0.15) is 0 Å². The van der Waals surface area contributed by atoms with Crippen LogP contribution in [0.2, 0.25) is 0 Å². The molecule has 1 N–H and O–H groups in total. The van der Waals surface area contributed by atoms with Gasteiger partial charge in [-0.1, -0.05) is 11.6 Å². The molecule has 1 saturated heterocycles. The van der Waals surface area contributed by atoms with Crippen LogP contribution in [0.1, 0.15) is 34.5 Å². The molecule has 1 amide bonds. The maximum absolute atomic E-state index is 12.8. The van der Waals surface area contributed by atoms with Crippen LogP contribution in [-0.2, 0) is 13.6 Å². The summed E-state index contributed by atoms with van der Waals surface area (Å²) in [5, 5.41) is 3.05. The van der Waals surface area contributed by atoms with Gasteiger partial charge in [0.15, 0.2) is 0 Å². The molecule has 1 aromatic carbocycles. The van der Waals surface area contributed by atoms with E-state index in [9.17, 15) is 4.79 Å². The van der Waals surface area contributed by atoms with Crippen LogP contribution in [0.3, 0.4) is 0 Å². The van der Waals surface area contributed by atoms with Crippen molar-refractivity contribution in [3.63, 3.8) is 0 Å². The highest BCUT2D eigenvalue weighted by Crippen LogP contribution is 2.25. The Hall–Kier alpha value is -2.50. The monoisotopic (exact) mass is 341 g/mol. The lowest BCUT2D eigenvalue weighted by atomic mass is 10.1. The lowest BCUT2D eigenvalue weighted by Gasteiger charge is -2.21. The summed E-state index contributed by atoms with van der Waals surface area (Å²) in [5.74, 6) is 0.843. The molecule has 0 unspecified atom stereocenters. The van der Waals surface area contributed by atoms with Crippen LogP contribution < -0.4 is 15.1 Å². The summed E-state index contributed by atoms with van der Waals surface area (Å²) in [7, 11) is 5.88. The number of rotatable bonds is 5. The fourth-order valence-corrected chi connectivity index (χ4v) is 3.35. The molecule has 2 aromatic rings. The van der Waals surface area contributed by atoms with Gasteiger partial charge in [0.05, 0.1) is 24.0 Å². The van der Waals surface area contributed by atoms with Crippen molar-refractivity contribution in [1.29, 1.82) is 0 Å². The third-order valence-electron chi connectivity index (χ3n) is 4.73. The molecular formula is C19H27N5O. The lowest BCUT2D eigenvalue weighted by molar-refractivity contribution is 0.0950. The highest BCUT2D eigenvalue weighted by atomic mass is 16.1. The van der Waals surface area contributed by atoms with Crippen molar-refractivity contribution in [3.05, 3.63) is 41.2 Å². The highest BCUT2D eigenvalue weighted by Gasteiger charge is 2.20. The van der Waals surface area contributed by atoms with Crippen LogP contribution in [-0.4, -0.2) is 42.6 Å². The number of nitrogens with one attached hydrogen (secondary N) is 1. The predicted molar refractivity (Wildman–Crippen MR) is 101 cm³/mol. The minimum atomic E-state index is -0.0294. The summed E-state index contributed by atoms with van der Waals surface area (Å²) in [5.41, 5.74) is 3.88. The highest BCUT2D eigenvalue weighted by molar-refractivity contribution is 6.00. The first-order chi connectivity index (χ1) is 12.0. The van der Waals surface area contributed by atoms with Crippen LogP contribution in [0.15, 0.2) is 24.4 Å². The number of hydrogen-bond acceptors (Lipinski definition) is 4. The van der Waals surface area contributed by atoms with Crippen molar-refractivity contribution < 1.29 is 4.79 Å². The van der Waals surface area contributed by atoms with E-state index in [1.165, 1.54) is 12.8 Å². The van der Waals surface area contributed by atoms with E-state index >= 15 is 0 Å². The summed E-state index contributed by atoms with van der Waals surface area (Å²) < 4.78 is 2.00. The second-order valence-electron chi connectivity index (χ2n) is 6.90. The van der Waals surface area contributed by atoms with Crippen LogP contribution in [0.25, 0.3) is 0 Å². The Morgan fingerprint density at radius 2 is 2.00 bits per heavy atom. The molecule has 6 nitrogen and oxygen atoms in total. The molecule has 1 aliphatic heterocycles. The summed E-state index contributed by atoms with van der Waals surface area (Å²) in [6, 6.07) is 6.14. The van der Waals surface area contributed by atoms with Gasteiger partial charge in [-0.3, -0.25) is 4.79 Å². The number of carbonyl (C=O) groups excluding carboxylic acids is 1. The quantitative estimate of drug-likeness (QED) is 0.907. The Labute approximate surface area is 149 Å². The summed E-state index contributed by atoms with van der Waals surface area (Å²) in [6.07, 6.45) is 4.20. The number of benzene rings is 1. The van der Waals surface area contributed by atoms with Crippen molar-refractivity contribution in [1.82, 2.24) is 14.9 Å². The number of anilines is 2. The third-order valence-corrected chi connectivity index (χ3v) is 4.73. The predicted octanol–water partition coefficient (Wildman–Crippen LogP) is 2.32. The second-order valence-corrected chi connectivity index (χ2v) is 6.90. The molecule has 0 aliphatic carbocycles. The molecule has 6 heteroatoms. The number of hydrogen-bond donors (Lipinski definition) is 1. The smallest absolute Gasteiger partial charge is 0.253 e. The number of amides is 1. The zero-order valence-corrected chi connectivity index (χ0v) is 15.5. The van der Waals surface area contributed by atoms with Crippen molar-refractivity contribution in [2.24, 2.45) is 7.05 Å². The molecule has 0 bridgehead atoms. The van der Waals surface area contributed by atoms with E-state index in [2.05, 4.69) is 27.3 Å². The fourth-order valence-electron chi connectivity index (χ4n) is 3.35. The van der Waals surface area contributed by atoms with E-state index in [0.29, 0.717) is 6.54 Å². The number of aromatic nitrogens is 2. The Morgan fingerprint density at radius 3 is 2.64 bits per heavy atom. The van der Waals surface area contributed by atoms with Gasteiger partial charge in [-0.05, 0) is 31.9 Å². The molecule has 0 atom stereocenters.